The van der Waals surface area contributed by atoms with E-state index >= 15 is 0 Å². The maximum atomic E-state index is 11.9. The number of carbonyl (C=O) groups excluding carboxylic acids is 3. The van der Waals surface area contributed by atoms with Crippen LogP contribution in [0.25, 0.3) is 0 Å². The molecule has 0 bridgehead atoms. The molecule has 0 aliphatic rings. The molecule has 0 fully saturated rings. The van der Waals surface area contributed by atoms with Gasteiger partial charge in [0.05, 0.1) is 14.2 Å². The molecule has 20 heavy (non-hydrogen) atoms. The number of hydrogen-bond acceptors (Lipinski definition) is 5. The first kappa shape index (κ1) is 17.9. The summed E-state index contributed by atoms with van der Waals surface area (Å²) >= 11 is 0. The Morgan fingerprint density at radius 3 is 2.20 bits per heavy atom. The first-order chi connectivity index (χ1) is 9.48. The second-order valence-corrected chi connectivity index (χ2v) is 4.41. The predicted molar refractivity (Wildman–Crippen MR) is 73.6 cm³/mol. The summed E-state index contributed by atoms with van der Waals surface area (Å²) in [6.45, 7) is 1.82. The van der Waals surface area contributed by atoms with E-state index in [1.807, 2.05) is 6.92 Å². The van der Waals surface area contributed by atoms with Gasteiger partial charge in [0.15, 0.2) is 5.41 Å². The quantitative estimate of drug-likeness (QED) is 0.222. The molecule has 0 aliphatic heterocycles. The second-order valence-electron chi connectivity index (χ2n) is 4.41. The highest BCUT2D eigenvalue weighted by Gasteiger charge is 2.47. The molecule has 5 nitrogen and oxygen atoms in total. The molecule has 0 amide bonds. The molecule has 0 aromatic heterocycles. The number of allylic oxidation sites excluding steroid dienone is 2. The zero-order chi connectivity index (χ0) is 15.6. The van der Waals surface area contributed by atoms with Gasteiger partial charge in [0, 0.05) is 12.8 Å². The van der Waals surface area contributed by atoms with E-state index in [1.165, 1.54) is 14.2 Å². The lowest BCUT2D eigenvalue weighted by Crippen LogP contribution is -2.40. The number of esters is 2. The average Bonchev–Trinajstić information content (AvgIpc) is 2.47. The Hall–Kier alpha value is -2.09. The van der Waals surface area contributed by atoms with Gasteiger partial charge in [0.2, 0.25) is 0 Å². The Morgan fingerprint density at radius 2 is 1.80 bits per heavy atom. The molecule has 0 atom stereocenters. The van der Waals surface area contributed by atoms with Crippen molar-refractivity contribution >= 4 is 18.2 Å². The Morgan fingerprint density at radius 1 is 1.25 bits per heavy atom. The zero-order valence-corrected chi connectivity index (χ0v) is 12.1. The molecule has 0 rings (SSSR count). The number of rotatable bonds is 8. The summed E-state index contributed by atoms with van der Waals surface area (Å²) in [6.07, 6.45) is 8.72. The van der Waals surface area contributed by atoms with Crippen LogP contribution in [0.15, 0.2) is 11.6 Å². The fourth-order valence-electron chi connectivity index (χ4n) is 1.77. The van der Waals surface area contributed by atoms with Gasteiger partial charge >= 0.3 is 11.9 Å². The number of aldehydes is 1. The Labute approximate surface area is 119 Å². The Kier molecular flexibility index (Phi) is 7.98. The van der Waals surface area contributed by atoms with Crippen molar-refractivity contribution in [3.05, 3.63) is 11.6 Å². The first-order valence-corrected chi connectivity index (χ1v) is 6.18. The molecule has 0 spiro atoms. The molecule has 0 unspecified atom stereocenters. The number of carbonyl (C=O) groups is 3. The van der Waals surface area contributed by atoms with Crippen LogP contribution in [0.4, 0.5) is 0 Å². The fraction of sp³-hybridized carbons (Fsp3) is 0.533. The number of methoxy groups -OCH3 is 2. The van der Waals surface area contributed by atoms with E-state index < -0.39 is 17.4 Å². The Bertz CT molecular complexity index is 412. The zero-order valence-electron chi connectivity index (χ0n) is 12.1. The van der Waals surface area contributed by atoms with Gasteiger partial charge in [-0.15, -0.1) is 12.3 Å². The van der Waals surface area contributed by atoms with Crippen LogP contribution in [0.5, 0.6) is 0 Å². The average molecular weight is 280 g/mol. The SMILES string of the molecule is C#CCC(C/C=C(\C)CCC=O)(C(=O)OC)C(=O)OC. The standard InChI is InChI=1S/C15H20O5/c1-5-9-15(13(17)19-3,14(18)20-4)10-8-12(2)7-6-11-16/h1,8,11H,6-7,9-10H2,2-4H3/b12-8+. The van der Waals surface area contributed by atoms with Gasteiger partial charge in [0.25, 0.3) is 0 Å². The molecule has 0 heterocycles. The minimum Gasteiger partial charge on any atom is -0.468 e. The van der Waals surface area contributed by atoms with Gasteiger partial charge < -0.3 is 14.3 Å². The van der Waals surface area contributed by atoms with Crippen LogP contribution < -0.4 is 0 Å². The number of ether oxygens (including phenoxy) is 2. The molecule has 0 aliphatic carbocycles. The van der Waals surface area contributed by atoms with Gasteiger partial charge in [-0.25, -0.2) is 0 Å². The van der Waals surface area contributed by atoms with Gasteiger partial charge in [-0.1, -0.05) is 11.6 Å². The van der Waals surface area contributed by atoms with Gasteiger partial charge in [-0.2, -0.15) is 0 Å². The highest BCUT2D eigenvalue weighted by atomic mass is 16.5. The van der Waals surface area contributed by atoms with E-state index in [-0.39, 0.29) is 12.8 Å². The van der Waals surface area contributed by atoms with E-state index in [1.54, 1.807) is 6.08 Å². The highest BCUT2D eigenvalue weighted by Crippen LogP contribution is 2.31. The maximum absolute atomic E-state index is 11.9. The van der Waals surface area contributed by atoms with Gasteiger partial charge in [-0.3, -0.25) is 9.59 Å². The lowest BCUT2D eigenvalue weighted by molar-refractivity contribution is -0.168. The smallest absolute Gasteiger partial charge is 0.324 e. The molecule has 0 aromatic carbocycles. The van der Waals surface area contributed by atoms with E-state index in [2.05, 4.69) is 15.4 Å². The fourth-order valence-corrected chi connectivity index (χ4v) is 1.77. The van der Waals surface area contributed by atoms with Crippen molar-refractivity contribution in [1.29, 1.82) is 0 Å². The summed E-state index contributed by atoms with van der Waals surface area (Å²) in [6, 6.07) is 0. The summed E-state index contributed by atoms with van der Waals surface area (Å²) in [5.41, 5.74) is -0.632. The first-order valence-electron chi connectivity index (χ1n) is 6.18. The maximum Gasteiger partial charge on any atom is 0.324 e. The normalized spacial score (nSPS) is 11.4. The van der Waals surface area contributed by atoms with Crippen LogP contribution >= 0.6 is 0 Å². The van der Waals surface area contributed by atoms with E-state index in [0.717, 1.165) is 11.9 Å². The van der Waals surface area contributed by atoms with Crippen LogP contribution in [0.1, 0.15) is 32.6 Å². The lowest BCUT2D eigenvalue weighted by Gasteiger charge is -2.25. The third kappa shape index (κ3) is 4.54. The summed E-state index contributed by atoms with van der Waals surface area (Å²) < 4.78 is 9.37. The third-order valence-corrected chi connectivity index (χ3v) is 3.01. The van der Waals surface area contributed by atoms with Crippen LogP contribution in [-0.2, 0) is 23.9 Å². The number of terminal acetylenes is 1. The van der Waals surface area contributed by atoms with Crippen molar-refractivity contribution in [2.45, 2.75) is 32.6 Å². The van der Waals surface area contributed by atoms with Crippen molar-refractivity contribution in [3.63, 3.8) is 0 Å². The molecule has 5 heteroatoms. The molecule has 0 radical (unpaired) electrons. The van der Waals surface area contributed by atoms with Crippen LogP contribution in [0.2, 0.25) is 0 Å². The molecular formula is C15H20O5. The Balaban J connectivity index is 5.30. The van der Waals surface area contributed by atoms with Crippen molar-refractivity contribution in [2.24, 2.45) is 5.41 Å². The summed E-state index contributed by atoms with van der Waals surface area (Å²) in [7, 11) is 2.39. The minimum absolute atomic E-state index is 0.0846. The van der Waals surface area contributed by atoms with E-state index in [0.29, 0.717) is 12.8 Å². The minimum atomic E-state index is -1.53. The highest BCUT2D eigenvalue weighted by molar-refractivity contribution is 6.00. The summed E-state index contributed by atoms with van der Waals surface area (Å²) in [5.74, 6) is 0.878. The van der Waals surface area contributed by atoms with Crippen molar-refractivity contribution < 1.29 is 23.9 Å². The van der Waals surface area contributed by atoms with Crippen LogP contribution in [0.3, 0.4) is 0 Å². The molecule has 0 saturated carbocycles. The van der Waals surface area contributed by atoms with Crippen LogP contribution in [0, 0.1) is 17.8 Å². The largest absolute Gasteiger partial charge is 0.468 e. The van der Waals surface area contributed by atoms with E-state index in [9.17, 15) is 14.4 Å². The van der Waals surface area contributed by atoms with Gasteiger partial charge in [-0.05, 0) is 19.8 Å². The monoisotopic (exact) mass is 280 g/mol. The second kappa shape index (κ2) is 8.92. The van der Waals surface area contributed by atoms with Crippen molar-refractivity contribution in [1.82, 2.24) is 0 Å². The number of hydrogen-bond donors (Lipinski definition) is 0. The summed E-state index contributed by atoms with van der Waals surface area (Å²) in [5, 5.41) is 0. The third-order valence-electron chi connectivity index (χ3n) is 3.01. The summed E-state index contributed by atoms with van der Waals surface area (Å²) in [4.78, 5) is 34.2. The topological polar surface area (TPSA) is 69.7 Å². The van der Waals surface area contributed by atoms with Gasteiger partial charge in [0.1, 0.15) is 6.29 Å². The molecule has 110 valence electrons. The molecule has 0 N–H and O–H groups in total. The predicted octanol–water partition coefficient (Wildman–Crippen LogP) is 1.66. The molecular weight excluding hydrogens is 260 g/mol. The van der Waals surface area contributed by atoms with E-state index in [4.69, 9.17) is 6.42 Å². The molecule has 0 aromatic rings. The lowest BCUT2D eigenvalue weighted by atomic mass is 9.80. The van der Waals surface area contributed by atoms with Crippen molar-refractivity contribution in [2.75, 3.05) is 14.2 Å². The van der Waals surface area contributed by atoms with Crippen LogP contribution in [-0.4, -0.2) is 32.4 Å². The molecule has 0 saturated heterocycles. The van der Waals surface area contributed by atoms with Crippen molar-refractivity contribution in [3.8, 4) is 12.3 Å².